The first-order valence-corrected chi connectivity index (χ1v) is 9.28. The second-order valence-electron chi connectivity index (χ2n) is 5.86. The van der Waals surface area contributed by atoms with Gasteiger partial charge in [0, 0.05) is 19.0 Å². The Morgan fingerprint density at radius 1 is 1.11 bits per heavy atom. The zero-order valence-corrected chi connectivity index (χ0v) is 13.0. The highest BCUT2D eigenvalue weighted by atomic mass is 32.2. The highest BCUT2D eigenvalue weighted by Gasteiger charge is 2.31. The van der Waals surface area contributed by atoms with Gasteiger partial charge in [0.1, 0.15) is 0 Å². The molecule has 1 heterocycles. The minimum absolute atomic E-state index is 0.219. The predicted octanol–water partition coefficient (Wildman–Crippen LogP) is 1.89. The molecule has 0 unspecified atom stereocenters. The van der Waals surface area contributed by atoms with Crippen LogP contribution in [0.3, 0.4) is 0 Å². The van der Waals surface area contributed by atoms with E-state index in [0.29, 0.717) is 29.7 Å². The number of rotatable bonds is 4. The highest BCUT2D eigenvalue weighted by molar-refractivity contribution is 7.89. The van der Waals surface area contributed by atoms with Gasteiger partial charge in [-0.3, -0.25) is 0 Å². The van der Waals surface area contributed by atoms with Gasteiger partial charge in [-0.1, -0.05) is 31.5 Å². The van der Waals surface area contributed by atoms with Crippen LogP contribution in [-0.4, -0.2) is 36.6 Å². The van der Waals surface area contributed by atoms with E-state index in [0.717, 1.165) is 25.7 Å². The average Bonchev–Trinajstić information content (AvgIpc) is 2.39. The molecular weight excluding hydrogens is 280 g/mol. The molecular formula is C13H24N2O2S2. The van der Waals surface area contributed by atoms with Gasteiger partial charge in [0.15, 0.2) is 0 Å². The van der Waals surface area contributed by atoms with Crippen molar-refractivity contribution in [3.63, 3.8) is 0 Å². The van der Waals surface area contributed by atoms with Gasteiger partial charge >= 0.3 is 0 Å². The van der Waals surface area contributed by atoms with E-state index in [1.807, 2.05) is 0 Å². The lowest BCUT2D eigenvalue weighted by Crippen LogP contribution is -2.43. The van der Waals surface area contributed by atoms with Crippen LogP contribution in [0, 0.1) is 11.8 Å². The summed E-state index contributed by atoms with van der Waals surface area (Å²) < 4.78 is 26.4. The van der Waals surface area contributed by atoms with E-state index >= 15 is 0 Å². The quantitative estimate of drug-likeness (QED) is 0.806. The Labute approximate surface area is 121 Å². The van der Waals surface area contributed by atoms with Crippen LogP contribution in [0.1, 0.15) is 44.9 Å². The van der Waals surface area contributed by atoms with Crippen molar-refractivity contribution in [2.75, 3.05) is 18.8 Å². The first kappa shape index (κ1) is 15.2. The standard InChI is InChI=1S/C13H24N2O2S2/c14-13(18)12-6-8-15(9-7-12)19(16,17)10-11-4-2-1-3-5-11/h11-12H,1-10H2,(H2,14,18). The monoisotopic (exact) mass is 304 g/mol. The summed E-state index contributed by atoms with van der Waals surface area (Å²) in [6.07, 6.45) is 7.33. The van der Waals surface area contributed by atoms with Gasteiger partial charge in [0.25, 0.3) is 0 Å². The molecule has 0 aromatic carbocycles. The maximum absolute atomic E-state index is 12.4. The Morgan fingerprint density at radius 2 is 1.68 bits per heavy atom. The Balaban J connectivity index is 1.88. The molecule has 6 heteroatoms. The third-order valence-electron chi connectivity index (χ3n) is 4.42. The summed E-state index contributed by atoms with van der Waals surface area (Å²) in [5, 5.41) is 0. The Hall–Kier alpha value is -0.200. The largest absolute Gasteiger partial charge is 0.393 e. The van der Waals surface area contributed by atoms with Crippen molar-refractivity contribution in [2.45, 2.75) is 44.9 Å². The Morgan fingerprint density at radius 3 is 2.21 bits per heavy atom. The van der Waals surface area contributed by atoms with E-state index < -0.39 is 10.0 Å². The number of hydrogen-bond donors (Lipinski definition) is 1. The van der Waals surface area contributed by atoms with Crippen molar-refractivity contribution in [2.24, 2.45) is 17.6 Å². The van der Waals surface area contributed by atoms with Gasteiger partial charge < -0.3 is 5.73 Å². The van der Waals surface area contributed by atoms with Gasteiger partial charge in [-0.2, -0.15) is 0 Å². The first-order chi connectivity index (χ1) is 8.99. The molecule has 19 heavy (non-hydrogen) atoms. The van der Waals surface area contributed by atoms with E-state index in [2.05, 4.69) is 0 Å². The van der Waals surface area contributed by atoms with Crippen molar-refractivity contribution in [1.29, 1.82) is 0 Å². The van der Waals surface area contributed by atoms with Gasteiger partial charge in [0.2, 0.25) is 10.0 Å². The second-order valence-corrected chi connectivity index (χ2v) is 8.34. The fraction of sp³-hybridized carbons (Fsp3) is 0.923. The SMILES string of the molecule is NC(=S)C1CCN(S(=O)(=O)CC2CCCCC2)CC1. The third-order valence-corrected chi connectivity index (χ3v) is 6.80. The van der Waals surface area contributed by atoms with Crippen LogP contribution in [0.4, 0.5) is 0 Å². The summed E-state index contributed by atoms with van der Waals surface area (Å²) in [6, 6.07) is 0. The molecule has 0 radical (unpaired) electrons. The number of nitrogens with two attached hydrogens (primary N) is 1. The van der Waals surface area contributed by atoms with Crippen molar-refractivity contribution in [1.82, 2.24) is 4.31 Å². The van der Waals surface area contributed by atoms with Crippen molar-refractivity contribution < 1.29 is 8.42 Å². The minimum atomic E-state index is -3.08. The molecule has 2 aliphatic rings. The van der Waals surface area contributed by atoms with Crippen molar-refractivity contribution in [3.05, 3.63) is 0 Å². The Bertz CT molecular complexity index is 408. The molecule has 2 rings (SSSR count). The molecule has 1 aliphatic carbocycles. The molecule has 0 bridgehead atoms. The van der Waals surface area contributed by atoms with Crippen LogP contribution in [0.2, 0.25) is 0 Å². The van der Waals surface area contributed by atoms with Crippen LogP contribution in [-0.2, 0) is 10.0 Å². The van der Waals surface area contributed by atoms with Crippen LogP contribution in [0.15, 0.2) is 0 Å². The van der Waals surface area contributed by atoms with E-state index in [1.165, 1.54) is 19.3 Å². The fourth-order valence-electron chi connectivity index (χ4n) is 3.18. The van der Waals surface area contributed by atoms with Gasteiger partial charge in [-0.15, -0.1) is 0 Å². The molecule has 4 nitrogen and oxygen atoms in total. The molecule has 1 aliphatic heterocycles. The molecule has 0 aromatic heterocycles. The number of thiocarbonyl (C=S) groups is 1. The van der Waals surface area contributed by atoms with E-state index in [1.54, 1.807) is 4.31 Å². The molecule has 0 amide bonds. The third kappa shape index (κ3) is 4.13. The molecule has 110 valence electrons. The summed E-state index contributed by atoms with van der Waals surface area (Å²) in [7, 11) is -3.08. The van der Waals surface area contributed by atoms with Crippen molar-refractivity contribution >= 4 is 27.2 Å². The number of hydrogen-bond acceptors (Lipinski definition) is 3. The smallest absolute Gasteiger partial charge is 0.214 e. The number of piperidine rings is 1. The van der Waals surface area contributed by atoms with Crippen LogP contribution < -0.4 is 5.73 Å². The average molecular weight is 304 g/mol. The zero-order chi connectivity index (χ0) is 13.9. The predicted molar refractivity (Wildman–Crippen MR) is 81.4 cm³/mol. The molecule has 0 spiro atoms. The lowest BCUT2D eigenvalue weighted by atomic mass is 9.91. The van der Waals surface area contributed by atoms with Crippen molar-refractivity contribution in [3.8, 4) is 0 Å². The summed E-state index contributed by atoms with van der Waals surface area (Å²) in [4.78, 5) is 0.532. The van der Waals surface area contributed by atoms with Gasteiger partial charge in [0.05, 0.1) is 10.7 Å². The molecule has 1 saturated carbocycles. The van der Waals surface area contributed by atoms with E-state index in [9.17, 15) is 8.42 Å². The minimum Gasteiger partial charge on any atom is -0.393 e. The van der Waals surface area contributed by atoms with Crippen LogP contribution >= 0.6 is 12.2 Å². The Kier molecular flexibility index (Phi) is 5.20. The second kappa shape index (κ2) is 6.50. The van der Waals surface area contributed by atoms with Gasteiger partial charge in [-0.05, 0) is 31.6 Å². The fourth-order valence-corrected chi connectivity index (χ4v) is 5.32. The maximum Gasteiger partial charge on any atom is 0.214 e. The number of nitrogens with zero attached hydrogens (tertiary/aromatic N) is 1. The first-order valence-electron chi connectivity index (χ1n) is 7.26. The maximum atomic E-state index is 12.4. The van der Waals surface area contributed by atoms with E-state index in [4.69, 9.17) is 18.0 Å². The summed E-state index contributed by atoms with van der Waals surface area (Å²) in [5.74, 6) is 0.924. The topological polar surface area (TPSA) is 63.4 Å². The van der Waals surface area contributed by atoms with Crippen LogP contribution in [0.5, 0.6) is 0 Å². The number of sulfonamides is 1. The molecule has 0 atom stereocenters. The highest BCUT2D eigenvalue weighted by Crippen LogP contribution is 2.27. The van der Waals surface area contributed by atoms with E-state index in [-0.39, 0.29) is 5.92 Å². The normalized spacial score (nSPS) is 24.4. The summed E-state index contributed by atoms with van der Waals surface area (Å²) >= 11 is 4.99. The lowest BCUT2D eigenvalue weighted by molar-refractivity contribution is 0.309. The molecule has 2 fully saturated rings. The summed E-state index contributed by atoms with van der Waals surface area (Å²) in [5.41, 5.74) is 5.63. The lowest BCUT2D eigenvalue weighted by Gasteiger charge is -2.32. The van der Waals surface area contributed by atoms with Crippen LogP contribution in [0.25, 0.3) is 0 Å². The zero-order valence-electron chi connectivity index (χ0n) is 11.4. The molecule has 1 saturated heterocycles. The molecule has 2 N–H and O–H groups in total. The summed E-state index contributed by atoms with van der Waals surface area (Å²) in [6.45, 7) is 1.16. The van der Waals surface area contributed by atoms with Gasteiger partial charge in [-0.25, -0.2) is 12.7 Å². The molecule has 0 aromatic rings.